The maximum atomic E-state index is 12.3. The first-order valence-electron chi connectivity index (χ1n) is 7.39. The minimum atomic E-state index is -0.105. The van der Waals surface area contributed by atoms with E-state index < -0.39 is 0 Å². The van der Waals surface area contributed by atoms with Crippen LogP contribution >= 0.6 is 27.5 Å². The van der Waals surface area contributed by atoms with Gasteiger partial charge in [-0.05, 0) is 51.1 Å². The average molecular weight is 400 g/mol. The molecule has 1 aromatic heterocycles. The van der Waals surface area contributed by atoms with Crippen LogP contribution in [0.15, 0.2) is 39.2 Å². The highest BCUT2D eigenvalue weighted by molar-refractivity contribution is 9.10. The van der Waals surface area contributed by atoms with E-state index in [1.165, 1.54) is 0 Å². The van der Waals surface area contributed by atoms with E-state index in [1.54, 1.807) is 12.1 Å². The number of nitrogens with zero attached hydrogens (tertiary/aromatic N) is 1. The van der Waals surface area contributed by atoms with E-state index in [4.69, 9.17) is 16.0 Å². The van der Waals surface area contributed by atoms with Crippen LogP contribution in [0.1, 0.15) is 25.4 Å². The van der Waals surface area contributed by atoms with Gasteiger partial charge in [0.1, 0.15) is 11.5 Å². The number of hydrogen-bond donors (Lipinski definition) is 1. The van der Waals surface area contributed by atoms with Gasteiger partial charge in [0.15, 0.2) is 0 Å². The van der Waals surface area contributed by atoms with Crippen molar-refractivity contribution in [2.75, 3.05) is 11.9 Å². The highest BCUT2D eigenvalue weighted by atomic mass is 79.9. The summed E-state index contributed by atoms with van der Waals surface area (Å²) >= 11 is 9.48. The van der Waals surface area contributed by atoms with Gasteiger partial charge in [-0.1, -0.05) is 27.5 Å². The van der Waals surface area contributed by atoms with Crippen LogP contribution in [-0.4, -0.2) is 23.4 Å². The SMILES string of the molecule is Cc1ccc(CN(CC(=O)Nc2ccc(Br)cc2Cl)C(C)C)o1. The van der Waals surface area contributed by atoms with Crippen LogP contribution in [0, 0.1) is 6.92 Å². The zero-order chi connectivity index (χ0) is 17.0. The molecule has 1 N–H and O–H groups in total. The van der Waals surface area contributed by atoms with Crippen LogP contribution in [-0.2, 0) is 11.3 Å². The van der Waals surface area contributed by atoms with E-state index in [9.17, 15) is 4.79 Å². The van der Waals surface area contributed by atoms with Gasteiger partial charge in [0.05, 0.1) is 23.8 Å². The Balaban J connectivity index is 2.00. The van der Waals surface area contributed by atoms with E-state index in [-0.39, 0.29) is 18.5 Å². The van der Waals surface area contributed by atoms with Gasteiger partial charge in [-0.2, -0.15) is 0 Å². The molecule has 0 saturated carbocycles. The summed E-state index contributed by atoms with van der Waals surface area (Å²) in [5, 5.41) is 3.35. The Morgan fingerprint density at radius 2 is 2.09 bits per heavy atom. The maximum Gasteiger partial charge on any atom is 0.238 e. The molecule has 0 bridgehead atoms. The van der Waals surface area contributed by atoms with Crippen molar-refractivity contribution in [3.05, 3.63) is 51.3 Å². The zero-order valence-electron chi connectivity index (χ0n) is 13.4. The van der Waals surface area contributed by atoms with Crippen molar-refractivity contribution >= 4 is 39.1 Å². The molecule has 1 aromatic carbocycles. The second-order valence-corrected chi connectivity index (χ2v) is 7.01. The number of hydrogen-bond acceptors (Lipinski definition) is 3. The first-order valence-corrected chi connectivity index (χ1v) is 8.56. The third-order valence-corrected chi connectivity index (χ3v) is 4.24. The minimum absolute atomic E-state index is 0.105. The second kappa shape index (κ2) is 7.99. The van der Waals surface area contributed by atoms with E-state index >= 15 is 0 Å². The van der Waals surface area contributed by atoms with Crippen LogP contribution in [0.25, 0.3) is 0 Å². The Labute approximate surface area is 149 Å². The number of carbonyl (C=O) groups is 1. The molecule has 4 nitrogen and oxygen atoms in total. The number of aryl methyl sites for hydroxylation is 1. The summed E-state index contributed by atoms with van der Waals surface area (Å²) < 4.78 is 6.47. The lowest BCUT2D eigenvalue weighted by molar-refractivity contribution is -0.117. The fourth-order valence-electron chi connectivity index (χ4n) is 2.16. The molecule has 1 heterocycles. The van der Waals surface area contributed by atoms with Crippen molar-refractivity contribution in [2.45, 2.75) is 33.4 Å². The Bertz CT molecular complexity index is 685. The lowest BCUT2D eigenvalue weighted by Crippen LogP contribution is -2.37. The van der Waals surface area contributed by atoms with Crippen molar-refractivity contribution in [3.8, 4) is 0 Å². The summed E-state index contributed by atoms with van der Waals surface area (Å²) in [4.78, 5) is 14.3. The van der Waals surface area contributed by atoms with Gasteiger partial charge in [-0.15, -0.1) is 0 Å². The highest BCUT2D eigenvalue weighted by Gasteiger charge is 2.17. The molecular weight excluding hydrogens is 380 g/mol. The van der Waals surface area contributed by atoms with E-state index in [0.29, 0.717) is 17.3 Å². The summed E-state index contributed by atoms with van der Waals surface area (Å²) in [6, 6.07) is 9.45. The first kappa shape index (κ1) is 18.0. The minimum Gasteiger partial charge on any atom is -0.465 e. The Morgan fingerprint density at radius 1 is 1.35 bits per heavy atom. The number of nitrogens with one attached hydrogen (secondary N) is 1. The molecule has 6 heteroatoms. The summed E-state index contributed by atoms with van der Waals surface area (Å²) in [6.45, 7) is 6.87. The number of rotatable bonds is 6. The van der Waals surface area contributed by atoms with Crippen molar-refractivity contribution in [1.29, 1.82) is 0 Å². The number of benzene rings is 1. The molecule has 0 aliphatic rings. The van der Waals surface area contributed by atoms with Gasteiger partial charge >= 0.3 is 0 Å². The smallest absolute Gasteiger partial charge is 0.238 e. The van der Waals surface area contributed by atoms with Crippen molar-refractivity contribution < 1.29 is 9.21 Å². The predicted octanol–water partition coefficient (Wildman–Crippen LogP) is 4.85. The molecule has 2 rings (SSSR count). The molecule has 0 saturated heterocycles. The number of furan rings is 1. The van der Waals surface area contributed by atoms with E-state index in [0.717, 1.165) is 16.0 Å². The zero-order valence-corrected chi connectivity index (χ0v) is 15.7. The fourth-order valence-corrected chi connectivity index (χ4v) is 2.88. The van der Waals surface area contributed by atoms with Gasteiger partial charge in [-0.3, -0.25) is 9.69 Å². The molecule has 0 radical (unpaired) electrons. The average Bonchev–Trinajstić information content (AvgIpc) is 2.86. The van der Waals surface area contributed by atoms with Crippen molar-refractivity contribution in [2.24, 2.45) is 0 Å². The quantitative estimate of drug-likeness (QED) is 0.755. The molecule has 0 aliphatic carbocycles. The normalized spacial score (nSPS) is 11.3. The third-order valence-electron chi connectivity index (χ3n) is 3.44. The van der Waals surface area contributed by atoms with Crippen molar-refractivity contribution in [1.82, 2.24) is 4.90 Å². The molecule has 0 spiro atoms. The molecule has 23 heavy (non-hydrogen) atoms. The number of anilines is 1. The first-order chi connectivity index (χ1) is 10.8. The Kier molecular flexibility index (Phi) is 6.27. The summed E-state index contributed by atoms with van der Waals surface area (Å²) in [7, 11) is 0. The number of carbonyl (C=O) groups excluding carboxylic acids is 1. The predicted molar refractivity (Wildman–Crippen MR) is 96.8 cm³/mol. The molecule has 124 valence electrons. The number of amides is 1. The maximum absolute atomic E-state index is 12.3. The molecule has 0 atom stereocenters. The monoisotopic (exact) mass is 398 g/mol. The molecule has 1 amide bonds. The molecule has 0 unspecified atom stereocenters. The summed E-state index contributed by atoms with van der Waals surface area (Å²) in [5.74, 6) is 1.62. The molecule has 2 aromatic rings. The van der Waals surface area contributed by atoms with Crippen molar-refractivity contribution in [3.63, 3.8) is 0 Å². The summed E-state index contributed by atoms with van der Waals surface area (Å²) in [5.41, 5.74) is 0.609. The molecule has 0 aliphatic heterocycles. The van der Waals surface area contributed by atoms with Crippen LogP contribution in [0.4, 0.5) is 5.69 Å². The van der Waals surface area contributed by atoms with Gasteiger partial charge < -0.3 is 9.73 Å². The van der Waals surface area contributed by atoms with Crippen LogP contribution < -0.4 is 5.32 Å². The Morgan fingerprint density at radius 3 is 2.65 bits per heavy atom. The Hall–Kier alpha value is -1.30. The standard InChI is InChI=1S/C17H20BrClN2O2/c1-11(2)21(9-14-6-4-12(3)23-14)10-17(22)20-16-7-5-13(18)8-15(16)19/h4-8,11H,9-10H2,1-3H3,(H,20,22). The summed E-state index contributed by atoms with van der Waals surface area (Å²) in [6.07, 6.45) is 0. The van der Waals surface area contributed by atoms with E-state index in [2.05, 4.69) is 35.1 Å². The van der Waals surface area contributed by atoms with Gasteiger partial charge in [0.2, 0.25) is 5.91 Å². The number of halogens is 2. The lowest BCUT2D eigenvalue weighted by atomic mass is 10.2. The van der Waals surface area contributed by atoms with Gasteiger partial charge in [0, 0.05) is 10.5 Å². The van der Waals surface area contributed by atoms with Gasteiger partial charge in [0.25, 0.3) is 0 Å². The second-order valence-electron chi connectivity index (χ2n) is 5.68. The largest absolute Gasteiger partial charge is 0.465 e. The van der Waals surface area contributed by atoms with E-state index in [1.807, 2.05) is 30.0 Å². The van der Waals surface area contributed by atoms with Crippen LogP contribution in [0.5, 0.6) is 0 Å². The van der Waals surface area contributed by atoms with Crippen LogP contribution in [0.3, 0.4) is 0 Å². The molecular formula is C17H20BrClN2O2. The fraction of sp³-hybridized carbons (Fsp3) is 0.353. The lowest BCUT2D eigenvalue weighted by Gasteiger charge is -2.24. The van der Waals surface area contributed by atoms with Gasteiger partial charge in [-0.25, -0.2) is 0 Å². The van der Waals surface area contributed by atoms with Crippen LogP contribution in [0.2, 0.25) is 5.02 Å². The topological polar surface area (TPSA) is 45.5 Å². The molecule has 0 fully saturated rings. The third kappa shape index (κ3) is 5.37. The highest BCUT2D eigenvalue weighted by Crippen LogP contribution is 2.25.